The van der Waals surface area contributed by atoms with Crippen molar-refractivity contribution in [2.45, 2.75) is 49.4 Å². The van der Waals surface area contributed by atoms with Crippen LogP contribution in [0.5, 0.6) is 0 Å². The summed E-state index contributed by atoms with van der Waals surface area (Å²) in [5.41, 5.74) is 1.78. The Bertz CT molecular complexity index is 1020. The Morgan fingerprint density at radius 3 is 3.04 bits per heavy atom. The second-order valence-corrected chi connectivity index (χ2v) is 9.93. The topological polar surface area (TPSA) is 94.5 Å². The number of thioether (sulfide) groups is 1. The van der Waals surface area contributed by atoms with E-state index in [0.717, 1.165) is 36.1 Å². The molecule has 0 fully saturated rings. The van der Waals surface area contributed by atoms with Crippen LogP contribution in [0.25, 0.3) is 10.7 Å². The van der Waals surface area contributed by atoms with Crippen LogP contribution in [-0.2, 0) is 17.6 Å². The first-order valence-corrected chi connectivity index (χ1v) is 11.7. The fraction of sp³-hybridized carbons (Fsp3) is 0.368. The number of rotatable bonds is 5. The fourth-order valence-electron chi connectivity index (χ4n) is 3.20. The SMILES string of the molecule is C[C@@H](Sc1n[nH]c(-c2cccs2)n1)C(=O)Nc1sc2c(c1C#N)CCCCC2. The molecule has 1 aliphatic carbocycles. The molecule has 1 amide bonds. The lowest BCUT2D eigenvalue weighted by Crippen LogP contribution is -2.22. The molecule has 1 aliphatic rings. The highest BCUT2D eigenvalue weighted by Gasteiger charge is 2.24. The lowest BCUT2D eigenvalue weighted by Gasteiger charge is -2.09. The number of aryl methyl sites for hydroxylation is 1. The van der Waals surface area contributed by atoms with Crippen LogP contribution in [0.1, 0.15) is 42.2 Å². The van der Waals surface area contributed by atoms with Gasteiger partial charge in [0.05, 0.1) is 15.7 Å². The molecule has 0 aromatic carbocycles. The van der Waals surface area contributed by atoms with Crippen molar-refractivity contribution >= 4 is 45.3 Å². The summed E-state index contributed by atoms with van der Waals surface area (Å²) in [6.07, 6.45) is 5.38. The first-order chi connectivity index (χ1) is 13.7. The number of aromatic nitrogens is 3. The monoisotopic (exact) mass is 429 g/mol. The molecule has 3 aromatic rings. The standard InChI is InChI=1S/C19H19N5OS3/c1-11(27-19-21-16(23-24-19)15-8-5-9-26-15)17(25)22-18-13(10-20)12-6-3-2-4-7-14(12)28-18/h5,8-9,11H,2-4,6-7H2,1H3,(H,22,25)(H,21,23,24)/t11-/m1/s1. The molecule has 6 nitrogen and oxygen atoms in total. The average Bonchev–Trinajstić information content (AvgIpc) is 3.39. The van der Waals surface area contributed by atoms with Gasteiger partial charge in [0.1, 0.15) is 11.1 Å². The zero-order chi connectivity index (χ0) is 19.5. The van der Waals surface area contributed by atoms with E-state index in [2.05, 4.69) is 26.6 Å². The van der Waals surface area contributed by atoms with Gasteiger partial charge < -0.3 is 5.32 Å². The highest BCUT2D eigenvalue weighted by atomic mass is 32.2. The molecule has 3 heterocycles. The third kappa shape index (κ3) is 3.99. The summed E-state index contributed by atoms with van der Waals surface area (Å²) in [6.45, 7) is 1.83. The summed E-state index contributed by atoms with van der Waals surface area (Å²) in [5.74, 6) is 0.569. The van der Waals surface area contributed by atoms with E-state index in [4.69, 9.17) is 0 Å². The Labute approximate surface area is 175 Å². The Morgan fingerprint density at radius 2 is 2.25 bits per heavy atom. The second-order valence-electron chi connectivity index (χ2n) is 6.57. The van der Waals surface area contributed by atoms with Crippen molar-refractivity contribution in [1.82, 2.24) is 15.2 Å². The first-order valence-electron chi connectivity index (χ1n) is 9.14. The molecular weight excluding hydrogens is 410 g/mol. The molecule has 28 heavy (non-hydrogen) atoms. The quantitative estimate of drug-likeness (QED) is 0.446. The van der Waals surface area contributed by atoms with Crippen molar-refractivity contribution in [1.29, 1.82) is 5.26 Å². The lowest BCUT2D eigenvalue weighted by molar-refractivity contribution is -0.115. The van der Waals surface area contributed by atoms with E-state index in [1.807, 2.05) is 24.4 Å². The van der Waals surface area contributed by atoms with Gasteiger partial charge in [0, 0.05) is 4.88 Å². The molecule has 0 radical (unpaired) electrons. The molecule has 144 valence electrons. The molecule has 9 heteroatoms. The van der Waals surface area contributed by atoms with E-state index in [-0.39, 0.29) is 11.2 Å². The number of nitrogens with one attached hydrogen (secondary N) is 2. The number of hydrogen-bond acceptors (Lipinski definition) is 7. The molecular formula is C19H19N5OS3. The van der Waals surface area contributed by atoms with E-state index in [9.17, 15) is 10.1 Å². The molecule has 0 aliphatic heterocycles. The molecule has 3 aromatic heterocycles. The molecule has 0 unspecified atom stereocenters. The average molecular weight is 430 g/mol. The number of anilines is 1. The number of hydrogen-bond donors (Lipinski definition) is 2. The van der Waals surface area contributed by atoms with Crippen LogP contribution in [0.15, 0.2) is 22.7 Å². The van der Waals surface area contributed by atoms with Crippen LogP contribution < -0.4 is 5.32 Å². The molecule has 2 N–H and O–H groups in total. The zero-order valence-electron chi connectivity index (χ0n) is 15.3. The van der Waals surface area contributed by atoms with Crippen LogP contribution in [-0.4, -0.2) is 26.3 Å². The van der Waals surface area contributed by atoms with Crippen molar-refractivity contribution < 1.29 is 4.79 Å². The van der Waals surface area contributed by atoms with Gasteiger partial charge in [0.2, 0.25) is 11.1 Å². The van der Waals surface area contributed by atoms with Gasteiger partial charge in [0.15, 0.2) is 5.82 Å². The second kappa shape index (κ2) is 8.47. The Morgan fingerprint density at radius 1 is 1.39 bits per heavy atom. The number of carbonyl (C=O) groups excluding carboxylic acids is 1. The number of H-pyrrole nitrogens is 1. The highest BCUT2D eigenvalue weighted by Crippen LogP contribution is 2.37. The summed E-state index contributed by atoms with van der Waals surface area (Å²) < 4.78 is 0. The van der Waals surface area contributed by atoms with Crippen LogP contribution in [0.4, 0.5) is 5.00 Å². The van der Waals surface area contributed by atoms with Gasteiger partial charge in [-0.15, -0.1) is 27.8 Å². The minimum atomic E-state index is -0.375. The maximum Gasteiger partial charge on any atom is 0.238 e. The number of nitriles is 1. The Balaban J connectivity index is 1.45. The van der Waals surface area contributed by atoms with Crippen molar-refractivity contribution in [3.05, 3.63) is 33.5 Å². The van der Waals surface area contributed by atoms with Crippen molar-refractivity contribution in [3.63, 3.8) is 0 Å². The van der Waals surface area contributed by atoms with Crippen LogP contribution >= 0.6 is 34.4 Å². The summed E-state index contributed by atoms with van der Waals surface area (Å²) in [4.78, 5) is 19.4. The van der Waals surface area contributed by atoms with Gasteiger partial charge in [-0.2, -0.15) is 5.26 Å². The molecule has 0 saturated carbocycles. The van der Waals surface area contributed by atoms with Crippen molar-refractivity contribution in [2.75, 3.05) is 5.32 Å². The summed E-state index contributed by atoms with van der Waals surface area (Å²) in [5, 5.41) is 22.5. The number of nitrogens with zero attached hydrogens (tertiary/aromatic N) is 3. The largest absolute Gasteiger partial charge is 0.316 e. The maximum atomic E-state index is 12.7. The van der Waals surface area contributed by atoms with Crippen LogP contribution in [0, 0.1) is 11.3 Å². The zero-order valence-corrected chi connectivity index (χ0v) is 17.8. The van der Waals surface area contributed by atoms with E-state index in [1.54, 1.807) is 22.7 Å². The number of amides is 1. The summed E-state index contributed by atoms with van der Waals surface area (Å²) >= 11 is 4.44. The molecule has 4 rings (SSSR count). The third-order valence-electron chi connectivity index (χ3n) is 4.64. The summed E-state index contributed by atoms with van der Waals surface area (Å²) in [7, 11) is 0. The maximum absolute atomic E-state index is 12.7. The minimum absolute atomic E-state index is 0.139. The van der Waals surface area contributed by atoms with E-state index >= 15 is 0 Å². The Kier molecular flexibility index (Phi) is 5.80. The molecule has 1 atom stereocenters. The minimum Gasteiger partial charge on any atom is -0.316 e. The highest BCUT2D eigenvalue weighted by molar-refractivity contribution is 8.00. The summed E-state index contributed by atoms with van der Waals surface area (Å²) in [6, 6.07) is 6.24. The third-order valence-corrected chi connectivity index (χ3v) is 7.69. The lowest BCUT2D eigenvalue weighted by atomic mass is 10.1. The number of thiophene rings is 2. The normalized spacial score (nSPS) is 14.7. The number of fused-ring (bicyclic) bond motifs is 1. The van der Waals surface area contributed by atoms with E-state index in [0.29, 0.717) is 21.5 Å². The number of aromatic amines is 1. The predicted octanol–water partition coefficient (Wildman–Crippen LogP) is 4.85. The molecule has 0 spiro atoms. The van der Waals surface area contributed by atoms with Crippen molar-refractivity contribution in [2.24, 2.45) is 0 Å². The Hall–Kier alpha value is -2.15. The number of carbonyl (C=O) groups is 1. The fourth-order valence-corrected chi connectivity index (χ4v) is 5.83. The first kappa shape index (κ1) is 19.2. The smallest absolute Gasteiger partial charge is 0.238 e. The van der Waals surface area contributed by atoms with Gasteiger partial charge >= 0.3 is 0 Å². The van der Waals surface area contributed by atoms with E-state index in [1.165, 1.54) is 23.1 Å². The molecule has 0 bridgehead atoms. The van der Waals surface area contributed by atoms with Gasteiger partial charge in [0.25, 0.3) is 0 Å². The van der Waals surface area contributed by atoms with Crippen LogP contribution in [0.3, 0.4) is 0 Å². The van der Waals surface area contributed by atoms with Gasteiger partial charge in [-0.3, -0.25) is 9.89 Å². The van der Waals surface area contributed by atoms with Crippen molar-refractivity contribution in [3.8, 4) is 16.8 Å². The van der Waals surface area contributed by atoms with Gasteiger partial charge in [-0.05, 0) is 49.6 Å². The van der Waals surface area contributed by atoms with Gasteiger partial charge in [-0.1, -0.05) is 24.2 Å². The molecule has 0 saturated heterocycles. The van der Waals surface area contributed by atoms with E-state index < -0.39 is 0 Å². The predicted molar refractivity (Wildman–Crippen MR) is 114 cm³/mol. The van der Waals surface area contributed by atoms with Crippen LogP contribution in [0.2, 0.25) is 0 Å². The van der Waals surface area contributed by atoms with Gasteiger partial charge in [-0.25, -0.2) is 4.98 Å².